The topological polar surface area (TPSA) is 88.2 Å². The third-order valence-electron chi connectivity index (χ3n) is 3.64. The molecule has 1 fully saturated rings. The molecule has 0 saturated heterocycles. The van der Waals surface area contributed by atoms with Gasteiger partial charge in [-0.3, -0.25) is 4.79 Å². The number of hydrogen-bond donors (Lipinski definition) is 2. The van der Waals surface area contributed by atoms with Gasteiger partial charge < -0.3 is 20.6 Å². The molecule has 0 aromatic heterocycles. The van der Waals surface area contributed by atoms with Crippen molar-refractivity contribution in [3.63, 3.8) is 0 Å². The number of oxime groups is 1. The smallest absolute Gasteiger partial charge is 0.236 e. The van der Waals surface area contributed by atoms with Gasteiger partial charge in [0.15, 0.2) is 5.84 Å². The lowest BCUT2D eigenvalue weighted by Crippen LogP contribution is -2.51. The Morgan fingerprint density at radius 1 is 1.61 bits per heavy atom. The predicted molar refractivity (Wildman–Crippen MR) is 68.4 cm³/mol. The summed E-state index contributed by atoms with van der Waals surface area (Å²) in [5.41, 5.74) is 4.73. The van der Waals surface area contributed by atoms with Gasteiger partial charge in [-0.15, -0.1) is 0 Å². The Morgan fingerprint density at radius 3 is 2.61 bits per heavy atom. The summed E-state index contributed by atoms with van der Waals surface area (Å²) in [6.07, 6.45) is 2.54. The Balaban J connectivity index is 2.85. The third-order valence-corrected chi connectivity index (χ3v) is 3.64. The van der Waals surface area contributed by atoms with Crippen molar-refractivity contribution >= 4 is 11.7 Å². The predicted octanol–water partition coefficient (Wildman–Crippen LogP) is 0.787. The van der Waals surface area contributed by atoms with E-state index in [2.05, 4.69) is 5.16 Å². The lowest BCUT2D eigenvalue weighted by Gasteiger charge is -2.33. The Kier molecular flexibility index (Phi) is 4.95. The van der Waals surface area contributed by atoms with Crippen LogP contribution in [0.3, 0.4) is 0 Å². The van der Waals surface area contributed by atoms with Gasteiger partial charge >= 0.3 is 0 Å². The van der Waals surface area contributed by atoms with Crippen LogP contribution in [0, 0.1) is 5.41 Å². The fraction of sp³-hybridized carbons (Fsp3) is 0.833. The van der Waals surface area contributed by atoms with Crippen molar-refractivity contribution < 1.29 is 14.7 Å². The Bertz CT molecular complexity index is 329. The first-order valence-electron chi connectivity index (χ1n) is 6.29. The van der Waals surface area contributed by atoms with Gasteiger partial charge in [0, 0.05) is 19.7 Å². The number of methoxy groups -OCH3 is 1. The van der Waals surface area contributed by atoms with Crippen molar-refractivity contribution in [3.8, 4) is 0 Å². The summed E-state index contributed by atoms with van der Waals surface area (Å²) in [5.74, 6) is -0.113. The molecule has 0 aliphatic heterocycles. The summed E-state index contributed by atoms with van der Waals surface area (Å²) in [6.45, 7) is 4.62. The van der Waals surface area contributed by atoms with Crippen LogP contribution in [0.5, 0.6) is 0 Å². The minimum absolute atomic E-state index is 0.0296. The lowest BCUT2D eigenvalue weighted by molar-refractivity contribution is -0.139. The van der Waals surface area contributed by atoms with Crippen molar-refractivity contribution in [2.75, 3.05) is 20.3 Å². The molecule has 0 heterocycles. The number of carbonyl (C=O) groups excluding carboxylic acids is 1. The van der Waals surface area contributed by atoms with Crippen molar-refractivity contribution in [1.29, 1.82) is 0 Å². The average Bonchev–Trinajstić information content (AvgIpc) is 3.21. The van der Waals surface area contributed by atoms with Crippen LogP contribution in [0.25, 0.3) is 0 Å². The van der Waals surface area contributed by atoms with Gasteiger partial charge in [-0.1, -0.05) is 12.1 Å². The maximum Gasteiger partial charge on any atom is 0.236 e. The first-order valence-corrected chi connectivity index (χ1v) is 6.29. The maximum absolute atomic E-state index is 12.6. The minimum atomic E-state index is -0.939. The molecule has 1 aliphatic carbocycles. The number of ether oxygens (including phenoxy) is 1. The van der Waals surface area contributed by atoms with Crippen LogP contribution >= 0.6 is 0 Å². The van der Waals surface area contributed by atoms with Crippen molar-refractivity contribution in [2.24, 2.45) is 16.3 Å². The first kappa shape index (κ1) is 14.8. The quantitative estimate of drug-likeness (QED) is 0.305. The van der Waals surface area contributed by atoms with E-state index in [4.69, 9.17) is 15.7 Å². The summed E-state index contributed by atoms with van der Waals surface area (Å²) < 4.78 is 5.03. The molecule has 0 spiro atoms. The summed E-state index contributed by atoms with van der Waals surface area (Å²) in [5, 5.41) is 11.8. The number of nitrogens with two attached hydrogens (primary N) is 1. The van der Waals surface area contributed by atoms with Gasteiger partial charge in [0.2, 0.25) is 5.91 Å². The van der Waals surface area contributed by atoms with Crippen LogP contribution in [-0.2, 0) is 9.53 Å². The molecule has 0 bridgehead atoms. The molecule has 0 aromatic rings. The molecule has 6 heteroatoms. The molecule has 1 amide bonds. The molecular weight excluding hydrogens is 234 g/mol. The second-order valence-electron chi connectivity index (χ2n) is 4.89. The monoisotopic (exact) mass is 257 g/mol. The van der Waals surface area contributed by atoms with Gasteiger partial charge in [0.25, 0.3) is 0 Å². The van der Waals surface area contributed by atoms with Gasteiger partial charge in [-0.05, 0) is 26.2 Å². The number of nitrogens with zero attached hydrogens (tertiary/aromatic N) is 2. The van der Waals surface area contributed by atoms with Crippen LogP contribution in [0.15, 0.2) is 5.16 Å². The normalized spacial score (nSPS) is 19.4. The van der Waals surface area contributed by atoms with Crippen LogP contribution < -0.4 is 5.73 Å². The molecule has 1 unspecified atom stereocenters. The van der Waals surface area contributed by atoms with E-state index in [1.54, 1.807) is 18.9 Å². The first-order chi connectivity index (χ1) is 8.51. The standard InChI is InChI=1S/C12H23N3O3/c1-4-12(2,10(13)14-17)11(16)15(7-8-18-3)9-5-6-9/h9,17H,4-8H2,1-3H3,(H2,13,14). The molecule has 0 aromatic carbocycles. The van der Waals surface area contributed by atoms with Crippen LogP contribution in [0.2, 0.25) is 0 Å². The van der Waals surface area contributed by atoms with E-state index in [-0.39, 0.29) is 17.8 Å². The molecule has 1 saturated carbocycles. The number of hydrogen-bond acceptors (Lipinski definition) is 4. The average molecular weight is 257 g/mol. The molecule has 104 valence electrons. The summed E-state index contributed by atoms with van der Waals surface area (Å²) in [6, 6.07) is 0.282. The minimum Gasteiger partial charge on any atom is -0.409 e. The lowest BCUT2D eigenvalue weighted by atomic mass is 9.84. The molecule has 1 rings (SSSR count). The van der Waals surface area contributed by atoms with Crippen molar-refractivity contribution in [1.82, 2.24) is 4.90 Å². The third kappa shape index (κ3) is 2.93. The second kappa shape index (κ2) is 6.04. The summed E-state index contributed by atoms with van der Waals surface area (Å²) >= 11 is 0. The van der Waals surface area contributed by atoms with Crippen LogP contribution in [0.1, 0.15) is 33.1 Å². The Labute approximate surface area is 108 Å². The maximum atomic E-state index is 12.6. The van der Waals surface area contributed by atoms with Crippen LogP contribution in [-0.4, -0.2) is 48.2 Å². The zero-order valence-corrected chi connectivity index (χ0v) is 11.3. The van der Waals surface area contributed by atoms with Crippen LogP contribution in [0.4, 0.5) is 0 Å². The van der Waals surface area contributed by atoms with E-state index < -0.39 is 5.41 Å². The van der Waals surface area contributed by atoms with Gasteiger partial charge in [-0.25, -0.2) is 0 Å². The highest BCUT2D eigenvalue weighted by Crippen LogP contribution is 2.32. The van der Waals surface area contributed by atoms with E-state index in [1.807, 2.05) is 6.92 Å². The SMILES string of the molecule is CCC(C)(C(=O)N(CCOC)C1CC1)C(N)=NO. The number of amidine groups is 1. The molecule has 6 nitrogen and oxygen atoms in total. The largest absolute Gasteiger partial charge is 0.409 e. The molecular formula is C12H23N3O3. The summed E-state index contributed by atoms with van der Waals surface area (Å²) in [4.78, 5) is 14.4. The zero-order valence-electron chi connectivity index (χ0n) is 11.3. The van der Waals surface area contributed by atoms with Gasteiger partial charge in [-0.2, -0.15) is 0 Å². The van der Waals surface area contributed by atoms with Gasteiger partial charge in [0.1, 0.15) is 5.41 Å². The molecule has 3 N–H and O–H groups in total. The number of carbonyl (C=O) groups is 1. The van der Waals surface area contributed by atoms with E-state index in [0.717, 1.165) is 12.8 Å². The van der Waals surface area contributed by atoms with Gasteiger partial charge in [0.05, 0.1) is 6.61 Å². The van der Waals surface area contributed by atoms with E-state index in [9.17, 15) is 4.79 Å². The molecule has 18 heavy (non-hydrogen) atoms. The highest BCUT2D eigenvalue weighted by atomic mass is 16.5. The highest BCUT2D eigenvalue weighted by Gasteiger charge is 2.43. The zero-order chi connectivity index (χ0) is 13.8. The molecule has 0 radical (unpaired) electrons. The fourth-order valence-electron chi connectivity index (χ4n) is 1.90. The number of amides is 1. The Hall–Kier alpha value is -1.30. The van der Waals surface area contributed by atoms with E-state index in [0.29, 0.717) is 19.6 Å². The fourth-order valence-corrected chi connectivity index (χ4v) is 1.90. The Morgan fingerprint density at radius 2 is 2.22 bits per heavy atom. The highest BCUT2D eigenvalue weighted by molar-refractivity contribution is 6.06. The van der Waals surface area contributed by atoms with E-state index in [1.165, 1.54) is 0 Å². The van der Waals surface area contributed by atoms with Crippen molar-refractivity contribution in [2.45, 2.75) is 39.2 Å². The number of rotatable bonds is 7. The summed E-state index contributed by atoms with van der Waals surface area (Å²) in [7, 11) is 1.61. The molecule has 1 atom stereocenters. The van der Waals surface area contributed by atoms with E-state index >= 15 is 0 Å². The second-order valence-corrected chi connectivity index (χ2v) is 4.89. The van der Waals surface area contributed by atoms with Crippen molar-refractivity contribution in [3.05, 3.63) is 0 Å². The molecule has 1 aliphatic rings.